The summed E-state index contributed by atoms with van der Waals surface area (Å²) in [4.78, 5) is 13.8. The fourth-order valence-electron chi connectivity index (χ4n) is 1.91. The number of likely N-dealkylation sites (tertiary alicyclic amines) is 1. The van der Waals surface area contributed by atoms with E-state index in [0.29, 0.717) is 13.2 Å². The van der Waals surface area contributed by atoms with Gasteiger partial charge in [0.25, 0.3) is 0 Å². The van der Waals surface area contributed by atoms with Crippen molar-refractivity contribution >= 4 is 6.03 Å². The van der Waals surface area contributed by atoms with E-state index in [9.17, 15) is 4.79 Å². The monoisotopic (exact) mass is 229 g/mol. The minimum Gasteiger partial charge on any atom is -0.383 e. The van der Waals surface area contributed by atoms with Gasteiger partial charge in [-0.15, -0.1) is 0 Å². The van der Waals surface area contributed by atoms with Crippen LogP contribution in [-0.4, -0.2) is 50.3 Å². The molecule has 3 N–H and O–H groups in total. The second kappa shape index (κ2) is 7.46. The summed E-state index contributed by atoms with van der Waals surface area (Å²) in [5.74, 6) is 0. The summed E-state index contributed by atoms with van der Waals surface area (Å²) in [5.41, 5.74) is 5.55. The molecule has 0 spiro atoms. The molecule has 5 nitrogen and oxygen atoms in total. The first-order valence-electron chi connectivity index (χ1n) is 6.02. The maximum atomic E-state index is 11.9. The first-order chi connectivity index (χ1) is 7.77. The average molecular weight is 229 g/mol. The van der Waals surface area contributed by atoms with Gasteiger partial charge in [0.05, 0.1) is 12.6 Å². The van der Waals surface area contributed by atoms with Crippen LogP contribution in [0.4, 0.5) is 4.79 Å². The molecule has 94 valence electrons. The standard InChI is InChI=1S/C11H23N3O2/c1-16-9-10(8-12)13-11(15)14-6-4-2-3-5-7-14/h10H,2-9,12H2,1H3,(H,13,15). The lowest BCUT2D eigenvalue weighted by Gasteiger charge is -2.24. The average Bonchev–Trinajstić information content (AvgIpc) is 2.56. The molecule has 0 aliphatic carbocycles. The van der Waals surface area contributed by atoms with Crippen molar-refractivity contribution in [2.75, 3.05) is 33.4 Å². The Balaban J connectivity index is 2.36. The minimum absolute atomic E-state index is 0.00519. The molecule has 1 rings (SSSR count). The zero-order valence-electron chi connectivity index (χ0n) is 10.1. The van der Waals surface area contributed by atoms with Crippen LogP contribution in [0.25, 0.3) is 0 Å². The van der Waals surface area contributed by atoms with Crippen molar-refractivity contribution in [1.29, 1.82) is 0 Å². The predicted molar refractivity (Wildman–Crippen MR) is 63.3 cm³/mol. The third-order valence-electron chi connectivity index (χ3n) is 2.87. The van der Waals surface area contributed by atoms with Crippen molar-refractivity contribution in [1.82, 2.24) is 10.2 Å². The Hall–Kier alpha value is -0.810. The van der Waals surface area contributed by atoms with Gasteiger partial charge >= 0.3 is 6.03 Å². The van der Waals surface area contributed by atoms with E-state index in [1.807, 2.05) is 4.90 Å². The highest BCUT2D eigenvalue weighted by Crippen LogP contribution is 2.09. The molecule has 16 heavy (non-hydrogen) atoms. The summed E-state index contributed by atoms with van der Waals surface area (Å²) in [7, 11) is 1.61. The van der Waals surface area contributed by atoms with Crippen LogP contribution in [0.3, 0.4) is 0 Å². The lowest BCUT2D eigenvalue weighted by molar-refractivity contribution is 0.157. The van der Waals surface area contributed by atoms with E-state index in [1.165, 1.54) is 12.8 Å². The molecule has 0 bridgehead atoms. The van der Waals surface area contributed by atoms with E-state index in [1.54, 1.807) is 7.11 Å². The van der Waals surface area contributed by atoms with Gasteiger partial charge in [-0.05, 0) is 12.8 Å². The number of carbonyl (C=O) groups is 1. The van der Waals surface area contributed by atoms with Gasteiger partial charge in [-0.2, -0.15) is 0 Å². The van der Waals surface area contributed by atoms with Crippen molar-refractivity contribution < 1.29 is 9.53 Å². The van der Waals surface area contributed by atoms with Gasteiger partial charge in [-0.1, -0.05) is 12.8 Å². The van der Waals surface area contributed by atoms with E-state index >= 15 is 0 Å². The maximum absolute atomic E-state index is 11.9. The van der Waals surface area contributed by atoms with Gasteiger partial charge in [-0.3, -0.25) is 0 Å². The lowest BCUT2D eigenvalue weighted by atomic mass is 10.2. The van der Waals surface area contributed by atoms with Gasteiger partial charge in [0.15, 0.2) is 0 Å². The molecule has 0 aromatic carbocycles. The van der Waals surface area contributed by atoms with Crippen LogP contribution in [0.2, 0.25) is 0 Å². The summed E-state index contributed by atoms with van der Waals surface area (Å²) in [5, 5.41) is 2.90. The molecule has 1 unspecified atom stereocenters. The zero-order chi connectivity index (χ0) is 11.8. The fourth-order valence-corrected chi connectivity index (χ4v) is 1.91. The Morgan fingerprint density at radius 2 is 2.00 bits per heavy atom. The van der Waals surface area contributed by atoms with Crippen LogP contribution in [0.1, 0.15) is 25.7 Å². The normalized spacial score (nSPS) is 19.0. The highest BCUT2D eigenvalue weighted by Gasteiger charge is 2.18. The molecule has 1 atom stereocenters. The molecule has 1 fully saturated rings. The third kappa shape index (κ3) is 4.37. The number of hydrogen-bond acceptors (Lipinski definition) is 3. The number of carbonyl (C=O) groups excluding carboxylic acids is 1. The molecular formula is C11H23N3O2. The molecule has 0 radical (unpaired) electrons. The fraction of sp³-hybridized carbons (Fsp3) is 0.909. The predicted octanol–water partition coefficient (Wildman–Crippen LogP) is 0.546. The molecule has 5 heteroatoms. The topological polar surface area (TPSA) is 67.6 Å². The highest BCUT2D eigenvalue weighted by atomic mass is 16.5. The van der Waals surface area contributed by atoms with Crippen LogP contribution in [0, 0.1) is 0 Å². The minimum atomic E-state index is -0.0826. The largest absolute Gasteiger partial charge is 0.383 e. The van der Waals surface area contributed by atoms with Gasteiger partial charge < -0.3 is 20.7 Å². The van der Waals surface area contributed by atoms with E-state index in [2.05, 4.69) is 5.32 Å². The van der Waals surface area contributed by atoms with Crippen LogP contribution < -0.4 is 11.1 Å². The summed E-state index contributed by atoms with van der Waals surface area (Å²) >= 11 is 0. The number of urea groups is 1. The molecule has 2 amide bonds. The van der Waals surface area contributed by atoms with Gasteiger partial charge in [0.1, 0.15) is 0 Å². The van der Waals surface area contributed by atoms with E-state index < -0.39 is 0 Å². The lowest BCUT2D eigenvalue weighted by Crippen LogP contribution is -2.49. The van der Waals surface area contributed by atoms with Crippen molar-refractivity contribution in [3.8, 4) is 0 Å². The smallest absolute Gasteiger partial charge is 0.317 e. The van der Waals surface area contributed by atoms with Crippen LogP contribution >= 0.6 is 0 Å². The number of methoxy groups -OCH3 is 1. The molecule has 1 aliphatic rings. The molecule has 0 aromatic heterocycles. The maximum Gasteiger partial charge on any atom is 0.317 e. The van der Waals surface area contributed by atoms with E-state index in [0.717, 1.165) is 25.9 Å². The highest BCUT2D eigenvalue weighted by molar-refractivity contribution is 5.74. The third-order valence-corrected chi connectivity index (χ3v) is 2.87. The number of nitrogens with one attached hydrogen (secondary N) is 1. The molecule has 1 aliphatic heterocycles. The first-order valence-corrected chi connectivity index (χ1v) is 6.02. The Morgan fingerprint density at radius 1 is 1.38 bits per heavy atom. The molecule has 0 aromatic rings. The number of amides is 2. The van der Waals surface area contributed by atoms with Crippen molar-refractivity contribution in [3.63, 3.8) is 0 Å². The molecular weight excluding hydrogens is 206 g/mol. The first kappa shape index (κ1) is 13.3. The number of ether oxygens (including phenoxy) is 1. The molecule has 1 saturated heterocycles. The number of nitrogens with zero attached hydrogens (tertiary/aromatic N) is 1. The van der Waals surface area contributed by atoms with Gasteiger partial charge in [0, 0.05) is 26.7 Å². The summed E-state index contributed by atoms with van der Waals surface area (Å²) in [6, 6.07) is -0.0878. The van der Waals surface area contributed by atoms with Crippen molar-refractivity contribution in [2.24, 2.45) is 5.73 Å². The number of hydrogen-bond donors (Lipinski definition) is 2. The van der Waals surface area contributed by atoms with Gasteiger partial charge in [0.2, 0.25) is 0 Å². The van der Waals surface area contributed by atoms with Crippen molar-refractivity contribution in [2.45, 2.75) is 31.7 Å². The van der Waals surface area contributed by atoms with E-state index in [4.69, 9.17) is 10.5 Å². The Bertz CT molecular complexity index is 203. The van der Waals surface area contributed by atoms with Crippen LogP contribution in [0.15, 0.2) is 0 Å². The second-order valence-electron chi connectivity index (χ2n) is 4.24. The molecule has 1 heterocycles. The summed E-state index contributed by atoms with van der Waals surface area (Å²) < 4.78 is 4.99. The zero-order valence-corrected chi connectivity index (χ0v) is 10.1. The second-order valence-corrected chi connectivity index (χ2v) is 4.24. The quantitative estimate of drug-likeness (QED) is 0.739. The Labute approximate surface area is 97.3 Å². The van der Waals surface area contributed by atoms with E-state index in [-0.39, 0.29) is 12.1 Å². The molecule has 0 saturated carbocycles. The van der Waals surface area contributed by atoms with Gasteiger partial charge in [-0.25, -0.2) is 4.79 Å². The SMILES string of the molecule is COCC(CN)NC(=O)N1CCCCCC1. The number of rotatable bonds is 4. The Morgan fingerprint density at radius 3 is 2.50 bits per heavy atom. The summed E-state index contributed by atoms with van der Waals surface area (Å²) in [6.07, 6.45) is 4.65. The number of nitrogens with two attached hydrogens (primary N) is 1. The van der Waals surface area contributed by atoms with Crippen LogP contribution in [0.5, 0.6) is 0 Å². The van der Waals surface area contributed by atoms with Crippen molar-refractivity contribution in [3.05, 3.63) is 0 Å². The Kier molecular flexibility index (Phi) is 6.18. The summed E-state index contributed by atoms with van der Waals surface area (Å²) in [6.45, 7) is 2.59. The van der Waals surface area contributed by atoms with Crippen LogP contribution in [-0.2, 0) is 4.74 Å².